The molecule has 2 atom stereocenters. The van der Waals surface area contributed by atoms with E-state index in [2.05, 4.69) is 208 Å². The molecule has 10 aromatic rings. The van der Waals surface area contributed by atoms with Gasteiger partial charge in [0.1, 0.15) is 5.82 Å². The van der Waals surface area contributed by atoms with E-state index in [1.807, 2.05) is 24.3 Å². The maximum atomic E-state index is 8.56. The molecule has 0 aliphatic carbocycles. The third-order valence-electron chi connectivity index (χ3n) is 13.5. The second-order valence-corrected chi connectivity index (χ2v) is 22.3. The summed E-state index contributed by atoms with van der Waals surface area (Å²) in [4.78, 5) is 18.0. The Morgan fingerprint density at radius 3 is 1.22 bits per heavy atom. The van der Waals surface area contributed by atoms with Crippen molar-refractivity contribution in [2.24, 2.45) is 23.7 Å². The number of benzene rings is 8. The quantitative estimate of drug-likeness (QED) is 0.106. The van der Waals surface area contributed by atoms with Crippen molar-refractivity contribution in [3.05, 3.63) is 203 Å². The van der Waals surface area contributed by atoms with Crippen LogP contribution in [0.2, 0.25) is 0 Å². The Labute approximate surface area is 495 Å². The van der Waals surface area contributed by atoms with E-state index in [1.165, 1.54) is 55.2 Å². The van der Waals surface area contributed by atoms with Crippen LogP contribution in [0.15, 0.2) is 152 Å². The number of imidazole rings is 2. The van der Waals surface area contributed by atoms with E-state index in [0.717, 1.165) is 76.2 Å². The van der Waals surface area contributed by atoms with Gasteiger partial charge in [-0.1, -0.05) is 171 Å². The van der Waals surface area contributed by atoms with Gasteiger partial charge in [-0.25, -0.2) is 14.7 Å². The second-order valence-electron chi connectivity index (χ2n) is 22.3. The summed E-state index contributed by atoms with van der Waals surface area (Å²) in [6.07, 6.45) is 3.32. The van der Waals surface area contributed by atoms with Crippen LogP contribution in [-0.4, -0.2) is 41.5 Å². The van der Waals surface area contributed by atoms with Crippen LogP contribution in [0.1, 0.15) is 97.9 Å². The second kappa shape index (κ2) is 28.0. The number of aliphatic hydroxyl groups excluding tert-OH is 2. The van der Waals surface area contributed by atoms with Crippen LogP contribution in [0.4, 0.5) is 11.4 Å². The Morgan fingerprint density at radius 1 is 0.468 bits per heavy atom. The van der Waals surface area contributed by atoms with Crippen LogP contribution in [0.3, 0.4) is 0 Å². The van der Waals surface area contributed by atoms with Gasteiger partial charge in [0, 0.05) is 62.2 Å². The molecule has 0 fully saturated rings. The number of aliphatic hydroxyl groups is 2. The molecule has 0 saturated carbocycles. The number of hydrogen-bond donors (Lipinski definition) is 2. The first-order valence-electron chi connectivity index (χ1n) is 27.3. The zero-order valence-corrected chi connectivity index (χ0v) is 52.0. The molecule has 0 saturated heterocycles. The standard InChI is InChI=1S/C32H31N3.C32H30N3.C5H12O2.2Ir/c2*1-21(2)17-25-19-27(33-5)20-26(18-22(3)4)30(25)35-31-28-14-10-9-11-23(28)15-16-29(31)34-32(35)24-12-7-6-8-13-24;1-4(6)3-5(2)7;;/h6-16,19-22H,17-18H2,1-4H3;6-12,14-16,19-22H,17-18H2,1-4H3;4-7H,3H2,1-2H3;;/q;-1;;;. The predicted octanol–water partition coefficient (Wildman–Crippen LogP) is 17.5. The van der Waals surface area contributed by atoms with Gasteiger partial charge in [-0.15, -0.1) is 35.9 Å². The molecule has 410 valence electrons. The van der Waals surface area contributed by atoms with Crippen LogP contribution in [-0.2, 0) is 65.9 Å². The third-order valence-corrected chi connectivity index (χ3v) is 13.5. The summed E-state index contributed by atoms with van der Waals surface area (Å²) in [5.41, 5.74) is 14.9. The maximum absolute atomic E-state index is 8.56. The van der Waals surface area contributed by atoms with Gasteiger partial charge in [-0.2, -0.15) is 0 Å². The van der Waals surface area contributed by atoms with E-state index in [1.54, 1.807) is 13.8 Å². The minimum absolute atomic E-state index is 0. The molecule has 8 aromatic carbocycles. The summed E-state index contributed by atoms with van der Waals surface area (Å²) < 4.78 is 4.74. The van der Waals surface area contributed by atoms with Crippen molar-refractivity contribution in [2.75, 3.05) is 0 Å². The smallest absolute Gasteiger partial charge is 0.187 e. The zero-order chi connectivity index (χ0) is 54.9. The molecule has 0 aliphatic rings. The number of aromatic nitrogens is 4. The Hall–Kier alpha value is -6.58. The normalized spacial score (nSPS) is 11.9. The molecule has 10 rings (SSSR count). The molecule has 0 aliphatic heterocycles. The van der Waals surface area contributed by atoms with Gasteiger partial charge >= 0.3 is 0 Å². The largest absolute Gasteiger partial charge is 0.393 e. The fourth-order valence-corrected chi connectivity index (χ4v) is 10.7. The number of rotatable bonds is 14. The van der Waals surface area contributed by atoms with Crippen LogP contribution in [0, 0.1) is 42.9 Å². The first-order valence-corrected chi connectivity index (χ1v) is 27.3. The fourth-order valence-electron chi connectivity index (χ4n) is 10.7. The van der Waals surface area contributed by atoms with Gasteiger partial charge in [0.25, 0.3) is 0 Å². The van der Waals surface area contributed by atoms with Crippen molar-refractivity contribution in [1.82, 2.24) is 19.1 Å². The summed E-state index contributed by atoms with van der Waals surface area (Å²) in [5, 5.41) is 21.9. The molecular formula is C69H73Ir2N6O2-. The molecule has 2 radical (unpaired) electrons. The molecular weight excluding hydrogens is 1330 g/mol. The topological polar surface area (TPSA) is 84.8 Å². The molecule has 2 unspecified atom stereocenters. The first-order chi connectivity index (χ1) is 37.0. The van der Waals surface area contributed by atoms with Crippen LogP contribution in [0.25, 0.3) is 87.5 Å². The maximum Gasteiger partial charge on any atom is 0.187 e. The van der Waals surface area contributed by atoms with Gasteiger partial charge in [0.05, 0.1) is 58.9 Å². The van der Waals surface area contributed by atoms with Crippen molar-refractivity contribution in [3.63, 3.8) is 0 Å². The number of hydrogen-bond acceptors (Lipinski definition) is 4. The minimum atomic E-state index is -0.375. The molecule has 2 heterocycles. The van der Waals surface area contributed by atoms with Crippen molar-refractivity contribution >= 4 is 55.0 Å². The van der Waals surface area contributed by atoms with E-state index >= 15 is 0 Å². The van der Waals surface area contributed by atoms with Crippen molar-refractivity contribution in [1.29, 1.82) is 0 Å². The Kier molecular flexibility index (Phi) is 21.9. The Bertz CT molecular complexity index is 3420. The Morgan fingerprint density at radius 2 is 0.848 bits per heavy atom. The average Bonchev–Trinajstić information content (AvgIpc) is 4.24. The van der Waals surface area contributed by atoms with Crippen LogP contribution in [0.5, 0.6) is 0 Å². The van der Waals surface area contributed by atoms with Crippen LogP contribution >= 0.6 is 0 Å². The summed E-state index contributed by atoms with van der Waals surface area (Å²) in [7, 11) is 0. The molecule has 2 N–H and O–H groups in total. The molecule has 0 spiro atoms. The minimum Gasteiger partial charge on any atom is -0.393 e. The first kappa shape index (κ1) is 61.6. The van der Waals surface area contributed by atoms with E-state index in [4.69, 9.17) is 33.3 Å². The average molecular weight is 1400 g/mol. The Balaban J connectivity index is 0.000000223. The summed E-state index contributed by atoms with van der Waals surface area (Å²) in [5.74, 6) is 3.69. The number of nitrogens with zero attached hydrogens (tertiary/aromatic N) is 6. The van der Waals surface area contributed by atoms with E-state index in [0.29, 0.717) is 35.8 Å². The summed E-state index contributed by atoms with van der Waals surface area (Å²) in [6.45, 7) is 36.8. The summed E-state index contributed by atoms with van der Waals surface area (Å²) >= 11 is 0. The third kappa shape index (κ3) is 14.6. The summed E-state index contributed by atoms with van der Waals surface area (Å²) in [6, 6.07) is 56.0. The molecule has 10 heteroatoms. The van der Waals surface area contributed by atoms with Crippen molar-refractivity contribution in [3.8, 4) is 34.2 Å². The van der Waals surface area contributed by atoms with E-state index in [-0.39, 0.29) is 52.4 Å². The monoisotopic (exact) mass is 1400 g/mol. The van der Waals surface area contributed by atoms with Gasteiger partial charge in [0.15, 0.2) is 11.4 Å². The van der Waals surface area contributed by atoms with E-state index < -0.39 is 0 Å². The van der Waals surface area contributed by atoms with Crippen molar-refractivity contribution in [2.45, 2.75) is 114 Å². The molecule has 8 nitrogen and oxygen atoms in total. The molecule has 79 heavy (non-hydrogen) atoms. The molecule has 0 bridgehead atoms. The van der Waals surface area contributed by atoms with Gasteiger partial charge in [-0.05, 0) is 115 Å². The SMILES string of the molecule is CC(O)CC(C)O.[C-]#[N+]c1cc(CC(C)C)c(-n2c(-c3[c-]cccc3)nc3ccc4ccccc4c32)c(CC(C)C)c1.[C-]#[N+]c1cc(CC(C)C)c(-n2c(-c3ccccc3)nc3ccc4ccccc4c32)c(CC(C)C)c1.[Ir].[Ir]. The fraction of sp³-hybridized carbons (Fsp3) is 0.304. The molecule has 0 amide bonds. The number of fused-ring (bicyclic) bond motifs is 6. The van der Waals surface area contributed by atoms with Crippen molar-refractivity contribution < 1.29 is 50.4 Å². The van der Waals surface area contributed by atoms with Gasteiger partial charge < -0.3 is 14.8 Å². The van der Waals surface area contributed by atoms with E-state index in [9.17, 15) is 0 Å². The van der Waals surface area contributed by atoms with Gasteiger partial charge in [0.2, 0.25) is 0 Å². The predicted molar refractivity (Wildman–Crippen MR) is 322 cm³/mol. The zero-order valence-electron chi connectivity index (χ0n) is 47.2. The molecule has 2 aromatic heterocycles. The van der Waals surface area contributed by atoms with Crippen LogP contribution < -0.4 is 0 Å². The van der Waals surface area contributed by atoms with Gasteiger partial charge in [-0.3, -0.25) is 9.55 Å².